The topological polar surface area (TPSA) is 17.0 Å². The lowest BCUT2D eigenvalue weighted by molar-refractivity contribution is 0.534. The largest absolute Gasteiger partial charge is 0.346 e. The molecule has 1 atom stereocenters. The number of nitrogens with one attached hydrogen (secondary N) is 1. The Bertz CT molecular complexity index is 565. The highest BCUT2D eigenvalue weighted by molar-refractivity contribution is 6.30. The van der Waals surface area contributed by atoms with E-state index in [1.54, 1.807) is 6.07 Å². The number of halogens is 2. The molecule has 20 heavy (non-hydrogen) atoms. The summed E-state index contributed by atoms with van der Waals surface area (Å²) in [5.41, 5.74) is 2.11. The van der Waals surface area contributed by atoms with Crippen molar-refractivity contribution in [2.75, 3.05) is 6.54 Å². The Labute approximate surface area is 124 Å². The van der Waals surface area contributed by atoms with E-state index in [1.807, 2.05) is 18.3 Å². The van der Waals surface area contributed by atoms with E-state index in [4.69, 9.17) is 11.6 Å². The van der Waals surface area contributed by atoms with Gasteiger partial charge in [0, 0.05) is 24.5 Å². The van der Waals surface area contributed by atoms with Crippen LogP contribution in [0.15, 0.2) is 36.5 Å². The summed E-state index contributed by atoms with van der Waals surface area (Å²) < 4.78 is 15.6. The maximum Gasteiger partial charge on any atom is 0.142 e. The fourth-order valence-corrected chi connectivity index (χ4v) is 2.38. The van der Waals surface area contributed by atoms with Crippen LogP contribution in [0.5, 0.6) is 0 Å². The summed E-state index contributed by atoms with van der Waals surface area (Å²) in [6.07, 6.45) is 3.12. The fraction of sp³-hybridized carbons (Fsp3) is 0.375. The first-order valence-corrected chi connectivity index (χ1v) is 7.32. The molecular formula is C16H20ClFN2. The van der Waals surface area contributed by atoms with Crippen molar-refractivity contribution in [1.29, 1.82) is 0 Å². The van der Waals surface area contributed by atoms with Gasteiger partial charge in [-0.05, 0) is 49.7 Å². The number of hydrogen-bond donors (Lipinski definition) is 1. The minimum atomic E-state index is -0.366. The molecule has 0 saturated heterocycles. The molecular weight excluding hydrogens is 275 g/mol. The molecule has 0 aliphatic heterocycles. The van der Waals surface area contributed by atoms with Gasteiger partial charge in [0.25, 0.3) is 0 Å². The minimum absolute atomic E-state index is 0.166. The van der Waals surface area contributed by atoms with E-state index < -0.39 is 0 Å². The van der Waals surface area contributed by atoms with E-state index in [0.717, 1.165) is 18.5 Å². The van der Waals surface area contributed by atoms with Gasteiger partial charge in [-0.2, -0.15) is 0 Å². The molecule has 108 valence electrons. The van der Waals surface area contributed by atoms with Crippen LogP contribution < -0.4 is 5.32 Å². The van der Waals surface area contributed by atoms with Crippen LogP contribution in [0.25, 0.3) is 0 Å². The molecule has 4 heteroatoms. The summed E-state index contributed by atoms with van der Waals surface area (Å²) in [6, 6.07) is 9.36. The second kappa shape index (κ2) is 6.91. The molecule has 0 radical (unpaired) electrons. The molecule has 1 aromatic carbocycles. The van der Waals surface area contributed by atoms with E-state index in [0.29, 0.717) is 6.54 Å². The Morgan fingerprint density at radius 1 is 1.35 bits per heavy atom. The van der Waals surface area contributed by atoms with Crippen LogP contribution in [-0.4, -0.2) is 11.1 Å². The molecule has 0 amide bonds. The van der Waals surface area contributed by atoms with Gasteiger partial charge in [-0.3, -0.25) is 0 Å². The van der Waals surface area contributed by atoms with E-state index in [-0.39, 0.29) is 16.9 Å². The first kappa shape index (κ1) is 15.1. The second-order valence-corrected chi connectivity index (χ2v) is 5.39. The van der Waals surface area contributed by atoms with E-state index in [2.05, 4.69) is 29.8 Å². The van der Waals surface area contributed by atoms with Gasteiger partial charge in [0.05, 0.1) is 5.02 Å². The highest BCUT2D eigenvalue weighted by atomic mass is 35.5. The molecule has 2 rings (SSSR count). The molecule has 1 aromatic heterocycles. The van der Waals surface area contributed by atoms with Gasteiger partial charge >= 0.3 is 0 Å². The minimum Gasteiger partial charge on any atom is -0.346 e. The van der Waals surface area contributed by atoms with Crippen LogP contribution in [0.1, 0.15) is 37.6 Å². The van der Waals surface area contributed by atoms with Crippen molar-refractivity contribution in [2.24, 2.45) is 0 Å². The van der Waals surface area contributed by atoms with Gasteiger partial charge in [0.1, 0.15) is 5.82 Å². The van der Waals surface area contributed by atoms with E-state index in [9.17, 15) is 4.39 Å². The van der Waals surface area contributed by atoms with Crippen molar-refractivity contribution in [1.82, 2.24) is 9.88 Å². The normalized spacial score (nSPS) is 12.6. The maximum absolute atomic E-state index is 13.5. The molecule has 0 saturated carbocycles. The highest BCUT2D eigenvalue weighted by Crippen LogP contribution is 2.19. The zero-order valence-electron chi connectivity index (χ0n) is 11.9. The second-order valence-electron chi connectivity index (χ2n) is 4.99. The molecule has 2 nitrogen and oxygen atoms in total. The smallest absolute Gasteiger partial charge is 0.142 e. The van der Waals surface area contributed by atoms with E-state index in [1.165, 1.54) is 11.8 Å². The summed E-state index contributed by atoms with van der Waals surface area (Å²) in [7, 11) is 0. The summed E-state index contributed by atoms with van der Waals surface area (Å²) in [6.45, 7) is 5.93. The molecule has 0 bridgehead atoms. The maximum atomic E-state index is 13.5. The molecule has 0 aliphatic carbocycles. The summed E-state index contributed by atoms with van der Waals surface area (Å²) in [5.74, 6) is -0.366. The number of rotatable bonds is 6. The van der Waals surface area contributed by atoms with Crippen LogP contribution in [0, 0.1) is 5.82 Å². The molecule has 0 spiro atoms. The molecule has 1 unspecified atom stereocenters. The van der Waals surface area contributed by atoms with Crippen molar-refractivity contribution in [3.63, 3.8) is 0 Å². The SMILES string of the molecule is CCCNC(C)c1cccn1Cc1ccc(Cl)c(F)c1. The van der Waals surface area contributed by atoms with Gasteiger partial charge < -0.3 is 9.88 Å². The first-order chi connectivity index (χ1) is 9.61. The zero-order chi connectivity index (χ0) is 14.5. The van der Waals surface area contributed by atoms with Gasteiger partial charge in [-0.25, -0.2) is 4.39 Å². The zero-order valence-corrected chi connectivity index (χ0v) is 12.6. The monoisotopic (exact) mass is 294 g/mol. The Morgan fingerprint density at radius 2 is 2.15 bits per heavy atom. The Balaban J connectivity index is 2.13. The lowest BCUT2D eigenvalue weighted by Crippen LogP contribution is -2.22. The molecule has 2 aromatic rings. The predicted octanol–water partition coefficient (Wildman–Crippen LogP) is 4.39. The van der Waals surface area contributed by atoms with Gasteiger partial charge in [0.2, 0.25) is 0 Å². The van der Waals surface area contributed by atoms with Crippen molar-refractivity contribution >= 4 is 11.6 Å². The fourth-order valence-electron chi connectivity index (χ4n) is 2.26. The molecule has 0 aliphatic rings. The van der Waals surface area contributed by atoms with Crippen molar-refractivity contribution in [3.05, 3.63) is 58.6 Å². The average Bonchev–Trinajstić information content (AvgIpc) is 2.88. The first-order valence-electron chi connectivity index (χ1n) is 6.94. The lowest BCUT2D eigenvalue weighted by atomic mass is 10.2. The van der Waals surface area contributed by atoms with Crippen LogP contribution in [-0.2, 0) is 6.54 Å². The summed E-state index contributed by atoms with van der Waals surface area (Å²) in [4.78, 5) is 0. The molecule has 1 heterocycles. The van der Waals surface area contributed by atoms with Gasteiger partial charge in [0.15, 0.2) is 0 Å². The summed E-state index contributed by atoms with van der Waals surface area (Å²) >= 11 is 5.71. The third-order valence-corrected chi connectivity index (χ3v) is 3.65. The van der Waals surface area contributed by atoms with Gasteiger partial charge in [-0.15, -0.1) is 0 Å². The molecule has 0 fully saturated rings. The standard InChI is InChI=1S/C16H20ClFN2/c1-3-8-19-12(2)16-5-4-9-20(16)11-13-6-7-14(17)15(18)10-13/h4-7,9-10,12,19H,3,8,11H2,1-2H3. The van der Waals surface area contributed by atoms with Gasteiger partial charge in [-0.1, -0.05) is 24.6 Å². The quantitative estimate of drug-likeness (QED) is 0.836. The van der Waals surface area contributed by atoms with Crippen LogP contribution in [0.2, 0.25) is 5.02 Å². The van der Waals surface area contributed by atoms with Crippen molar-refractivity contribution < 1.29 is 4.39 Å². The third kappa shape index (κ3) is 3.62. The number of hydrogen-bond acceptors (Lipinski definition) is 1. The van der Waals surface area contributed by atoms with E-state index >= 15 is 0 Å². The lowest BCUT2D eigenvalue weighted by Gasteiger charge is -2.17. The number of aromatic nitrogens is 1. The Morgan fingerprint density at radius 3 is 2.85 bits per heavy atom. The van der Waals surface area contributed by atoms with Crippen LogP contribution in [0.3, 0.4) is 0 Å². The number of benzene rings is 1. The van der Waals surface area contributed by atoms with Crippen LogP contribution in [0.4, 0.5) is 4.39 Å². The molecule has 1 N–H and O–H groups in total. The number of nitrogens with zero attached hydrogens (tertiary/aromatic N) is 1. The highest BCUT2D eigenvalue weighted by Gasteiger charge is 2.10. The van der Waals surface area contributed by atoms with Crippen LogP contribution >= 0.6 is 11.6 Å². The summed E-state index contributed by atoms with van der Waals surface area (Å²) in [5, 5.41) is 3.63. The Hall–Kier alpha value is -1.32. The average molecular weight is 295 g/mol. The Kier molecular flexibility index (Phi) is 5.21. The van der Waals surface area contributed by atoms with Crippen molar-refractivity contribution in [3.8, 4) is 0 Å². The predicted molar refractivity (Wildman–Crippen MR) is 81.7 cm³/mol. The third-order valence-electron chi connectivity index (χ3n) is 3.35. The van der Waals surface area contributed by atoms with Crippen molar-refractivity contribution in [2.45, 2.75) is 32.9 Å².